The number of halogens is 2. The maximum Gasteiger partial charge on any atom is 0.514 e. The summed E-state index contributed by atoms with van der Waals surface area (Å²) in [6.07, 6.45) is 5.42. The molecule has 188 valence electrons. The van der Waals surface area contributed by atoms with Crippen molar-refractivity contribution < 1.29 is 42.5 Å². The van der Waals surface area contributed by atoms with Crippen molar-refractivity contribution in [3.63, 3.8) is 0 Å². The first-order chi connectivity index (χ1) is 16.2. The van der Waals surface area contributed by atoms with Crippen LogP contribution in [0.5, 0.6) is 5.75 Å². The Bertz CT molecular complexity index is 857. The van der Waals surface area contributed by atoms with Crippen LogP contribution < -0.4 is 4.74 Å². The molecule has 1 N–H and O–H groups in total. The monoisotopic (exact) mass is 482 g/mol. The molecule has 2 aliphatic carbocycles. The Balaban J connectivity index is 1.64. The number of carbonyl (C=O) groups excluding carboxylic acids is 2. The zero-order valence-electron chi connectivity index (χ0n) is 19.4. The van der Waals surface area contributed by atoms with Crippen LogP contribution in [0.4, 0.5) is 13.6 Å². The van der Waals surface area contributed by atoms with Gasteiger partial charge >= 0.3 is 24.0 Å². The van der Waals surface area contributed by atoms with Crippen LogP contribution >= 0.6 is 0 Å². The van der Waals surface area contributed by atoms with E-state index >= 15 is 0 Å². The number of hydrogen-bond donors (Lipinski definition) is 1. The zero-order chi connectivity index (χ0) is 24.8. The van der Waals surface area contributed by atoms with Crippen molar-refractivity contribution in [1.82, 2.24) is 0 Å². The lowest BCUT2D eigenvalue weighted by Gasteiger charge is -2.35. The lowest BCUT2D eigenvalue weighted by atomic mass is 9.83. The summed E-state index contributed by atoms with van der Waals surface area (Å²) >= 11 is 0. The van der Waals surface area contributed by atoms with Crippen LogP contribution in [0, 0.1) is 5.92 Å². The van der Waals surface area contributed by atoms with E-state index in [0.29, 0.717) is 32.1 Å². The molecule has 1 unspecified atom stereocenters. The van der Waals surface area contributed by atoms with E-state index in [0.717, 1.165) is 38.5 Å². The smallest absolute Gasteiger partial charge is 0.477 e. The fraction of sp³-hybridized carbons (Fsp3) is 0.640. The van der Waals surface area contributed by atoms with Crippen molar-refractivity contribution in [3.05, 3.63) is 29.8 Å². The SMILES string of the molecule is CCC1(OC(=O)Oc2ccc(C(=O)OC(C3CCCCC3)C(F)(F)C(=O)O)cc2)CCCCC1. The number of alkyl halides is 2. The second-order valence-corrected chi connectivity index (χ2v) is 9.23. The van der Waals surface area contributed by atoms with Crippen molar-refractivity contribution in [2.45, 2.75) is 95.2 Å². The summed E-state index contributed by atoms with van der Waals surface area (Å²) in [5, 5.41) is 9.00. The van der Waals surface area contributed by atoms with Crippen LogP contribution in [0.15, 0.2) is 24.3 Å². The van der Waals surface area contributed by atoms with Gasteiger partial charge in [-0.25, -0.2) is 14.4 Å². The number of hydrogen-bond acceptors (Lipinski definition) is 6. The highest BCUT2D eigenvalue weighted by Crippen LogP contribution is 2.37. The van der Waals surface area contributed by atoms with Crippen LogP contribution in [0.3, 0.4) is 0 Å². The highest BCUT2D eigenvalue weighted by atomic mass is 19.3. The molecular weight excluding hydrogens is 450 g/mol. The van der Waals surface area contributed by atoms with Gasteiger partial charge in [-0.15, -0.1) is 0 Å². The third kappa shape index (κ3) is 6.24. The molecule has 0 spiro atoms. The molecule has 0 aromatic heterocycles. The van der Waals surface area contributed by atoms with Gasteiger partial charge in [0, 0.05) is 5.92 Å². The molecule has 1 aromatic rings. The Hall–Kier alpha value is -2.71. The number of esters is 1. The Morgan fingerprint density at radius 1 is 1.03 bits per heavy atom. The summed E-state index contributed by atoms with van der Waals surface area (Å²) in [5.74, 6) is -8.17. The quantitative estimate of drug-likeness (QED) is 0.351. The molecule has 0 amide bonds. The zero-order valence-corrected chi connectivity index (χ0v) is 19.4. The van der Waals surface area contributed by atoms with E-state index in [2.05, 4.69) is 0 Å². The highest BCUT2D eigenvalue weighted by molar-refractivity contribution is 5.90. The summed E-state index contributed by atoms with van der Waals surface area (Å²) in [6, 6.07) is 5.22. The summed E-state index contributed by atoms with van der Waals surface area (Å²) in [4.78, 5) is 36.0. The number of carbonyl (C=O) groups is 3. The number of carboxylic acids is 1. The molecule has 7 nitrogen and oxygen atoms in total. The van der Waals surface area contributed by atoms with Crippen molar-refractivity contribution in [2.75, 3.05) is 0 Å². The van der Waals surface area contributed by atoms with E-state index in [4.69, 9.17) is 19.3 Å². The maximum absolute atomic E-state index is 14.4. The maximum atomic E-state index is 14.4. The summed E-state index contributed by atoms with van der Waals surface area (Å²) in [6.45, 7) is 1.97. The average molecular weight is 483 g/mol. The van der Waals surface area contributed by atoms with E-state index in [9.17, 15) is 23.2 Å². The molecule has 1 aromatic carbocycles. The second kappa shape index (κ2) is 11.1. The van der Waals surface area contributed by atoms with Crippen LogP contribution in [0.2, 0.25) is 0 Å². The number of aliphatic carboxylic acids is 1. The molecule has 0 bridgehead atoms. The lowest BCUT2D eigenvalue weighted by molar-refractivity contribution is -0.189. The van der Waals surface area contributed by atoms with Gasteiger partial charge in [0.1, 0.15) is 11.4 Å². The Labute approximate surface area is 197 Å². The first kappa shape index (κ1) is 25.9. The van der Waals surface area contributed by atoms with Crippen molar-refractivity contribution in [1.29, 1.82) is 0 Å². The number of carboxylic acid groups (broad SMARTS) is 1. The van der Waals surface area contributed by atoms with Gasteiger partial charge in [-0.3, -0.25) is 0 Å². The molecular formula is C25H32F2O7. The van der Waals surface area contributed by atoms with Gasteiger partial charge in [0.25, 0.3) is 0 Å². The Kier molecular flexibility index (Phi) is 8.49. The molecule has 9 heteroatoms. The average Bonchev–Trinajstić information content (AvgIpc) is 2.83. The van der Waals surface area contributed by atoms with Crippen LogP contribution in [-0.4, -0.2) is 40.8 Å². The lowest BCUT2D eigenvalue weighted by Crippen LogP contribution is -2.48. The van der Waals surface area contributed by atoms with Crippen LogP contribution in [-0.2, 0) is 14.3 Å². The topological polar surface area (TPSA) is 99.1 Å². The van der Waals surface area contributed by atoms with Gasteiger partial charge in [0.2, 0.25) is 0 Å². The van der Waals surface area contributed by atoms with Gasteiger partial charge in [-0.1, -0.05) is 32.6 Å². The van der Waals surface area contributed by atoms with Crippen LogP contribution in [0.25, 0.3) is 0 Å². The highest BCUT2D eigenvalue weighted by Gasteiger charge is 2.53. The molecule has 0 aliphatic heterocycles. The van der Waals surface area contributed by atoms with Gasteiger partial charge in [-0.05, 0) is 69.2 Å². The molecule has 2 fully saturated rings. The largest absolute Gasteiger partial charge is 0.514 e. The summed E-state index contributed by atoms with van der Waals surface area (Å²) in [7, 11) is 0. The Morgan fingerprint density at radius 2 is 1.62 bits per heavy atom. The summed E-state index contributed by atoms with van der Waals surface area (Å²) in [5.41, 5.74) is -0.581. The van der Waals surface area contributed by atoms with Gasteiger partial charge in [0.15, 0.2) is 6.10 Å². The standard InChI is InChI=1S/C25H32F2O7/c1-2-24(15-7-4-8-16-24)34-23(31)32-19-13-11-18(12-14-19)21(28)33-20(25(26,27)22(29)30)17-9-5-3-6-10-17/h11-14,17,20H,2-10,15-16H2,1H3,(H,29,30). The first-order valence-corrected chi connectivity index (χ1v) is 12.0. The molecule has 1 atom stereocenters. The third-order valence-corrected chi connectivity index (χ3v) is 6.95. The molecule has 0 saturated heterocycles. The van der Waals surface area contributed by atoms with E-state index in [1.54, 1.807) is 0 Å². The van der Waals surface area contributed by atoms with Crippen molar-refractivity contribution >= 4 is 18.1 Å². The molecule has 0 radical (unpaired) electrons. The predicted molar refractivity (Wildman–Crippen MR) is 118 cm³/mol. The van der Waals surface area contributed by atoms with Gasteiger partial charge in [-0.2, -0.15) is 8.78 Å². The number of benzene rings is 1. The van der Waals surface area contributed by atoms with Crippen molar-refractivity contribution in [3.8, 4) is 5.75 Å². The summed E-state index contributed by atoms with van der Waals surface area (Å²) < 4.78 is 44.6. The first-order valence-electron chi connectivity index (χ1n) is 12.0. The normalized spacial score (nSPS) is 19.6. The molecule has 0 heterocycles. The molecule has 2 saturated carbocycles. The van der Waals surface area contributed by atoms with E-state index in [1.165, 1.54) is 24.3 Å². The van der Waals surface area contributed by atoms with Crippen molar-refractivity contribution in [2.24, 2.45) is 5.92 Å². The van der Waals surface area contributed by atoms with E-state index < -0.39 is 41.6 Å². The third-order valence-electron chi connectivity index (χ3n) is 6.95. The molecule has 34 heavy (non-hydrogen) atoms. The Morgan fingerprint density at radius 3 is 2.18 bits per heavy atom. The minimum absolute atomic E-state index is 0.0555. The van der Waals surface area contributed by atoms with Gasteiger partial charge < -0.3 is 19.3 Å². The van der Waals surface area contributed by atoms with Gasteiger partial charge in [0.05, 0.1) is 5.56 Å². The predicted octanol–water partition coefficient (Wildman–Crippen LogP) is 6.14. The minimum Gasteiger partial charge on any atom is -0.477 e. The van der Waals surface area contributed by atoms with E-state index in [-0.39, 0.29) is 11.3 Å². The molecule has 3 rings (SSSR count). The fourth-order valence-corrected chi connectivity index (χ4v) is 4.89. The molecule has 2 aliphatic rings. The number of rotatable bonds is 8. The second-order valence-electron chi connectivity index (χ2n) is 9.23. The number of ether oxygens (including phenoxy) is 3. The van der Waals surface area contributed by atoms with Crippen LogP contribution in [0.1, 0.15) is 87.9 Å². The fourth-order valence-electron chi connectivity index (χ4n) is 4.89. The van der Waals surface area contributed by atoms with E-state index in [1.807, 2.05) is 6.92 Å². The minimum atomic E-state index is -4.20.